The molecule has 0 unspecified atom stereocenters. The van der Waals surface area contributed by atoms with Crippen LogP contribution in [0.1, 0.15) is 5.69 Å². The average molecular weight is 348 g/mol. The smallest absolute Gasteiger partial charge is 0.107 e. The Morgan fingerprint density at radius 3 is 2.94 bits per heavy atom. The third-order valence-corrected chi connectivity index (χ3v) is 3.83. The molecule has 2 rings (SSSR count). The number of alkyl halides is 1. The van der Waals surface area contributed by atoms with Crippen molar-refractivity contribution in [1.82, 2.24) is 14.8 Å². The quantitative estimate of drug-likeness (QED) is 0.631. The van der Waals surface area contributed by atoms with Gasteiger partial charge in [0.25, 0.3) is 0 Å². The molecular weight excluding hydrogens is 336 g/mol. The highest BCUT2D eigenvalue weighted by Gasteiger charge is 2.13. The number of aryl methyl sites for hydroxylation is 1. The minimum atomic E-state index is 0.574. The first-order chi connectivity index (χ1) is 7.74. The first-order valence-corrected chi connectivity index (χ1v) is 6.54. The van der Waals surface area contributed by atoms with E-state index >= 15 is 0 Å². The lowest BCUT2D eigenvalue weighted by Gasteiger charge is -1.98. The van der Waals surface area contributed by atoms with Gasteiger partial charge in [-0.05, 0) is 41.6 Å². The number of hydrogen-bond acceptors (Lipinski definition) is 2. The minimum absolute atomic E-state index is 0.574. The molecule has 2 heterocycles. The maximum absolute atomic E-state index is 5.74. The van der Waals surface area contributed by atoms with Gasteiger partial charge in [0.1, 0.15) is 5.69 Å². The molecule has 0 fully saturated rings. The van der Waals surface area contributed by atoms with Crippen molar-refractivity contribution in [2.45, 2.75) is 13.5 Å². The maximum atomic E-state index is 5.74. The van der Waals surface area contributed by atoms with Gasteiger partial charge in [-0.1, -0.05) is 0 Å². The number of pyridine rings is 1. The highest BCUT2D eigenvalue weighted by molar-refractivity contribution is 14.1. The van der Waals surface area contributed by atoms with Crippen LogP contribution in [0.5, 0.6) is 0 Å². The largest absolute Gasteiger partial charge is 0.267 e. The molecule has 3 nitrogen and oxygen atoms in total. The van der Waals surface area contributed by atoms with E-state index in [4.69, 9.17) is 11.6 Å². The summed E-state index contributed by atoms with van der Waals surface area (Å²) in [6.45, 7) is 2.80. The molecule has 0 aliphatic rings. The first kappa shape index (κ1) is 11.9. The Labute approximate surface area is 113 Å². The van der Waals surface area contributed by atoms with Crippen molar-refractivity contribution < 1.29 is 0 Å². The van der Waals surface area contributed by atoms with Crippen LogP contribution in [0.2, 0.25) is 0 Å². The fraction of sp³-hybridized carbons (Fsp3) is 0.273. The van der Waals surface area contributed by atoms with Gasteiger partial charge in [0, 0.05) is 29.5 Å². The zero-order valence-electron chi connectivity index (χ0n) is 8.82. The van der Waals surface area contributed by atoms with Gasteiger partial charge in [-0.3, -0.25) is 9.67 Å². The number of aromatic nitrogens is 3. The summed E-state index contributed by atoms with van der Waals surface area (Å²) >= 11 is 8.05. The van der Waals surface area contributed by atoms with E-state index < -0.39 is 0 Å². The second-order valence-electron chi connectivity index (χ2n) is 3.40. The molecule has 0 aromatic carbocycles. The van der Waals surface area contributed by atoms with Crippen LogP contribution in [0.25, 0.3) is 11.3 Å². The van der Waals surface area contributed by atoms with Crippen LogP contribution >= 0.6 is 34.2 Å². The fourth-order valence-corrected chi connectivity index (χ4v) is 2.37. The maximum Gasteiger partial charge on any atom is 0.107 e. The molecule has 84 valence electrons. The number of nitrogens with zero attached hydrogens (tertiary/aromatic N) is 3. The van der Waals surface area contributed by atoms with Crippen molar-refractivity contribution in [1.29, 1.82) is 0 Å². The molecule has 2 aromatic rings. The number of hydrogen-bond donors (Lipinski definition) is 0. The Hall–Kier alpha value is -0.620. The van der Waals surface area contributed by atoms with E-state index in [2.05, 4.69) is 39.6 Å². The molecule has 2 aromatic heterocycles. The molecule has 0 spiro atoms. The molecule has 0 aliphatic heterocycles. The molecule has 0 aliphatic carbocycles. The topological polar surface area (TPSA) is 30.7 Å². The van der Waals surface area contributed by atoms with Crippen molar-refractivity contribution in [2.75, 3.05) is 5.88 Å². The summed E-state index contributed by atoms with van der Waals surface area (Å²) in [5.41, 5.74) is 3.18. The molecule has 0 saturated heterocycles. The number of rotatable bonds is 3. The third-order valence-electron chi connectivity index (χ3n) is 2.36. The fourth-order valence-electron chi connectivity index (χ4n) is 1.51. The zero-order valence-corrected chi connectivity index (χ0v) is 11.7. The second-order valence-corrected chi connectivity index (χ2v) is 4.86. The Morgan fingerprint density at radius 2 is 2.31 bits per heavy atom. The highest BCUT2D eigenvalue weighted by atomic mass is 127. The molecule has 16 heavy (non-hydrogen) atoms. The van der Waals surface area contributed by atoms with Crippen molar-refractivity contribution in [3.63, 3.8) is 0 Å². The summed E-state index contributed by atoms with van der Waals surface area (Å²) in [6, 6.07) is 3.93. The molecule has 0 amide bonds. The number of halogens is 2. The van der Waals surface area contributed by atoms with Crippen LogP contribution in [0.15, 0.2) is 24.5 Å². The highest BCUT2D eigenvalue weighted by Crippen LogP contribution is 2.25. The van der Waals surface area contributed by atoms with Crippen LogP contribution in [0, 0.1) is 10.5 Å². The SMILES string of the molecule is Cc1c(I)c(-c2cccnc2)nn1CCCl. The first-order valence-electron chi connectivity index (χ1n) is 4.93. The van der Waals surface area contributed by atoms with Crippen molar-refractivity contribution in [3.05, 3.63) is 33.8 Å². The average Bonchev–Trinajstić information content (AvgIpc) is 2.59. The Morgan fingerprint density at radius 1 is 1.50 bits per heavy atom. The predicted molar refractivity (Wildman–Crippen MR) is 73.6 cm³/mol. The summed E-state index contributed by atoms with van der Waals surface area (Å²) in [5, 5.41) is 4.55. The van der Waals surface area contributed by atoms with Crippen molar-refractivity contribution in [2.24, 2.45) is 0 Å². The summed E-state index contributed by atoms with van der Waals surface area (Å²) in [6.07, 6.45) is 3.59. The Kier molecular flexibility index (Phi) is 3.81. The van der Waals surface area contributed by atoms with Crippen LogP contribution in [-0.2, 0) is 6.54 Å². The summed E-state index contributed by atoms with van der Waals surface area (Å²) in [4.78, 5) is 4.11. The van der Waals surface area contributed by atoms with E-state index in [0.717, 1.165) is 27.1 Å². The summed E-state index contributed by atoms with van der Waals surface area (Å²) in [7, 11) is 0. The molecule has 5 heteroatoms. The van der Waals surface area contributed by atoms with Crippen LogP contribution < -0.4 is 0 Å². The van der Waals surface area contributed by atoms with E-state index in [9.17, 15) is 0 Å². The van der Waals surface area contributed by atoms with Gasteiger partial charge >= 0.3 is 0 Å². The van der Waals surface area contributed by atoms with Crippen LogP contribution in [0.3, 0.4) is 0 Å². The van der Waals surface area contributed by atoms with Gasteiger partial charge in [0.15, 0.2) is 0 Å². The third kappa shape index (κ3) is 2.22. The monoisotopic (exact) mass is 347 g/mol. The molecule has 0 radical (unpaired) electrons. The molecule has 0 N–H and O–H groups in total. The van der Waals surface area contributed by atoms with E-state index in [1.54, 1.807) is 6.20 Å². The van der Waals surface area contributed by atoms with Gasteiger partial charge in [-0.25, -0.2) is 0 Å². The van der Waals surface area contributed by atoms with Gasteiger partial charge in [0.05, 0.1) is 10.1 Å². The van der Waals surface area contributed by atoms with Gasteiger partial charge in [-0.15, -0.1) is 11.6 Å². The summed E-state index contributed by atoms with van der Waals surface area (Å²) in [5.74, 6) is 0.574. The second kappa shape index (κ2) is 5.14. The lowest BCUT2D eigenvalue weighted by atomic mass is 10.2. The van der Waals surface area contributed by atoms with E-state index in [0.29, 0.717) is 5.88 Å². The van der Waals surface area contributed by atoms with Crippen LogP contribution in [-0.4, -0.2) is 20.6 Å². The van der Waals surface area contributed by atoms with Gasteiger partial charge in [-0.2, -0.15) is 5.10 Å². The molecular formula is C11H11ClIN3. The minimum Gasteiger partial charge on any atom is -0.267 e. The Bertz CT molecular complexity index is 481. The molecule has 0 saturated carbocycles. The van der Waals surface area contributed by atoms with E-state index in [-0.39, 0.29) is 0 Å². The van der Waals surface area contributed by atoms with Gasteiger partial charge in [0.2, 0.25) is 0 Å². The zero-order chi connectivity index (χ0) is 11.5. The van der Waals surface area contributed by atoms with Gasteiger partial charge < -0.3 is 0 Å². The van der Waals surface area contributed by atoms with Crippen molar-refractivity contribution >= 4 is 34.2 Å². The van der Waals surface area contributed by atoms with E-state index in [1.807, 2.05) is 23.0 Å². The lowest BCUT2D eigenvalue weighted by molar-refractivity contribution is 0.645. The normalized spacial score (nSPS) is 10.7. The standard InChI is InChI=1S/C11H11ClIN3/c1-8-10(13)11(15-16(8)6-4-12)9-3-2-5-14-7-9/h2-3,5,7H,4,6H2,1H3. The molecule has 0 atom stereocenters. The Balaban J connectivity index is 2.46. The molecule has 0 bridgehead atoms. The van der Waals surface area contributed by atoms with Crippen LogP contribution in [0.4, 0.5) is 0 Å². The lowest BCUT2D eigenvalue weighted by Crippen LogP contribution is -2.03. The summed E-state index contributed by atoms with van der Waals surface area (Å²) < 4.78 is 3.10. The van der Waals surface area contributed by atoms with E-state index in [1.165, 1.54) is 0 Å². The van der Waals surface area contributed by atoms with Crippen molar-refractivity contribution in [3.8, 4) is 11.3 Å². The predicted octanol–water partition coefficient (Wildman–Crippen LogP) is 3.10.